The van der Waals surface area contributed by atoms with Crippen LogP contribution in [0, 0.1) is 0 Å². The Morgan fingerprint density at radius 3 is 2.62 bits per heavy atom. The van der Waals surface area contributed by atoms with Gasteiger partial charge >= 0.3 is 0 Å². The molecule has 0 aromatic heterocycles. The lowest BCUT2D eigenvalue weighted by atomic mass is 10.2. The second kappa shape index (κ2) is 10.8. The fourth-order valence-electron chi connectivity index (χ4n) is 2.83. The minimum atomic E-state index is -0.0553. The molecule has 2 N–H and O–H groups in total. The quantitative estimate of drug-likeness (QED) is 0.779. The molecular formula is C20H26ClN3O2. The average molecular weight is 376 g/mol. The number of benzene rings is 2. The molecule has 2 aromatic carbocycles. The maximum absolute atomic E-state index is 12.3. The number of carbonyl (C=O) groups is 1. The normalized spacial score (nSPS) is 14.3. The molecule has 1 heterocycles. The number of hydrogen-bond acceptors (Lipinski definition) is 4. The van der Waals surface area contributed by atoms with E-state index in [2.05, 4.69) is 15.5 Å². The summed E-state index contributed by atoms with van der Waals surface area (Å²) in [6.45, 7) is 6.17. The van der Waals surface area contributed by atoms with Gasteiger partial charge in [-0.1, -0.05) is 36.4 Å². The Hall–Kier alpha value is -2.08. The summed E-state index contributed by atoms with van der Waals surface area (Å²) in [4.78, 5) is 14.7. The molecule has 3 rings (SSSR count). The van der Waals surface area contributed by atoms with Crippen molar-refractivity contribution >= 4 is 18.3 Å². The van der Waals surface area contributed by atoms with Crippen molar-refractivity contribution in [1.29, 1.82) is 0 Å². The van der Waals surface area contributed by atoms with Crippen molar-refractivity contribution < 1.29 is 9.53 Å². The maximum atomic E-state index is 12.3. The summed E-state index contributed by atoms with van der Waals surface area (Å²) in [5.74, 6) is 0.652. The predicted molar refractivity (Wildman–Crippen MR) is 106 cm³/mol. The molecule has 0 radical (unpaired) electrons. The number of ether oxygens (including phenoxy) is 1. The van der Waals surface area contributed by atoms with Gasteiger partial charge in [0.1, 0.15) is 12.4 Å². The summed E-state index contributed by atoms with van der Waals surface area (Å²) in [5, 5.41) is 6.32. The maximum Gasteiger partial charge on any atom is 0.251 e. The topological polar surface area (TPSA) is 53.6 Å². The van der Waals surface area contributed by atoms with Gasteiger partial charge in [0.25, 0.3) is 5.91 Å². The van der Waals surface area contributed by atoms with Gasteiger partial charge in [0, 0.05) is 44.8 Å². The van der Waals surface area contributed by atoms with Crippen LogP contribution in [0.5, 0.6) is 5.75 Å². The molecule has 0 atom stereocenters. The first-order valence-corrected chi connectivity index (χ1v) is 8.79. The first kappa shape index (κ1) is 20.2. The Morgan fingerprint density at radius 2 is 1.85 bits per heavy atom. The Bertz CT molecular complexity index is 676. The minimum absolute atomic E-state index is 0. The predicted octanol–water partition coefficient (Wildman–Crippen LogP) is 2.32. The van der Waals surface area contributed by atoms with E-state index < -0.39 is 0 Å². The van der Waals surface area contributed by atoms with E-state index in [0.717, 1.165) is 38.3 Å². The lowest BCUT2D eigenvalue weighted by molar-refractivity contribution is 0.0947. The number of piperazine rings is 1. The highest BCUT2D eigenvalue weighted by atomic mass is 35.5. The molecular weight excluding hydrogens is 350 g/mol. The van der Waals surface area contributed by atoms with Crippen molar-refractivity contribution in [2.24, 2.45) is 0 Å². The van der Waals surface area contributed by atoms with Crippen LogP contribution >= 0.6 is 12.4 Å². The summed E-state index contributed by atoms with van der Waals surface area (Å²) in [5.41, 5.74) is 1.74. The van der Waals surface area contributed by atoms with E-state index in [1.807, 2.05) is 48.5 Å². The Kier molecular flexibility index (Phi) is 8.41. The van der Waals surface area contributed by atoms with Crippen LogP contribution in [0.1, 0.15) is 15.9 Å². The van der Waals surface area contributed by atoms with Gasteiger partial charge in [0.2, 0.25) is 0 Å². The molecule has 140 valence electrons. The molecule has 0 spiro atoms. The van der Waals surface area contributed by atoms with E-state index in [1.54, 1.807) is 6.07 Å². The highest BCUT2D eigenvalue weighted by molar-refractivity contribution is 5.94. The zero-order chi connectivity index (χ0) is 17.3. The van der Waals surface area contributed by atoms with Crippen LogP contribution in [0.15, 0.2) is 54.6 Å². The molecule has 1 aliphatic heterocycles. The number of halogens is 1. The van der Waals surface area contributed by atoms with E-state index in [1.165, 1.54) is 0 Å². The third-order valence-corrected chi connectivity index (χ3v) is 4.27. The highest BCUT2D eigenvalue weighted by Gasteiger charge is 2.10. The summed E-state index contributed by atoms with van der Waals surface area (Å²) in [6, 6.07) is 17.3. The summed E-state index contributed by atoms with van der Waals surface area (Å²) in [7, 11) is 0. The van der Waals surface area contributed by atoms with E-state index in [0.29, 0.717) is 24.5 Å². The first-order chi connectivity index (χ1) is 12.3. The monoisotopic (exact) mass is 375 g/mol. The van der Waals surface area contributed by atoms with Crippen LogP contribution < -0.4 is 15.4 Å². The second-order valence-electron chi connectivity index (χ2n) is 6.15. The molecule has 26 heavy (non-hydrogen) atoms. The van der Waals surface area contributed by atoms with Crippen molar-refractivity contribution in [3.05, 3.63) is 65.7 Å². The molecule has 6 heteroatoms. The molecule has 2 aromatic rings. The molecule has 0 unspecified atom stereocenters. The Balaban J connectivity index is 0.00000243. The smallest absolute Gasteiger partial charge is 0.251 e. The zero-order valence-corrected chi connectivity index (χ0v) is 15.6. The van der Waals surface area contributed by atoms with Gasteiger partial charge in [-0.2, -0.15) is 0 Å². The van der Waals surface area contributed by atoms with Gasteiger partial charge < -0.3 is 15.4 Å². The van der Waals surface area contributed by atoms with Crippen LogP contribution in [0.2, 0.25) is 0 Å². The molecule has 0 aliphatic carbocycles. The fraction of sp³-hybridized carbons (Fsp3) is 0.350. The Morgan fingerprint density at radius 1 is 1.08 bits per heavy atom. The molecule has 1 saturated heterocycles. The van der Waals surface area contributed by atoms with Crippen LogP contribution in [0.3, 0.4) is 0 Å². The number of nitrogens with zero attached hydrogens (tertiary/aromatic N) is 1. The molecule has 5 nitrogen and oxygen atoms in total. The summed E-state index contributed by atoms with van der Waals surface area (Å²) in [6.07, 6.45) is 0. The Labute approximate surface area is 161 Å². The molecule has 1 aliphatic rings. The standard InChI is InChI=1S/C20H25N3O2.ClH/c24-20(22-11-14-23-12-9-21-10-13-23)18-7-4-8-19(15-18)25-16-17-5-2-1-3-6-17;/h1-8,15,21H,9-14,16H2,(H,22,24);1H. The summed E-state index contributed by atoms with van der Waals surface area (Å²) >= 11 is 0. The average Bonchev–Trinajstić information content (AvgIpc) is 2.68. The van der Waals surface area contributed by atoms with Gasteiger partial charge in [0.05, 0.1) is 0 Å². The van der Waals surface area contributed by atoms with Gasteiger partial charge in [-0.15, -0.1) is 12.4 Å². The van der Waals surface area contributed by atoms with Crippen LogP contribution in [0.25, 0.3) is 0 Å². The highest BCUT2D eigenvalue weighted by Crippen LogP contribution is 2.15. The number of amides is 1. The fourth-order valence-corrected chi connectivity index (χ4v) is 2.83. The second-order valence-corrected chi connectivity index (χ2v) is 6.15. The van der Waals surface area contributed by atoms with Gasteiger partial charge in [-0.25, -0.2) is 0 Å². The molecule has 1 fully saturated rings. The van der Waals surface area contributed by atoms with E-state index >= 15 is 0 Å². The zero-order valence-electron chi connectivity index (χ0n) is 14.8. The SMILES string of the molecule is Cl.O=C(NCCN1CCNCC1)c1cccc(OCc2ccccc2)c1. The minimum Gasteiger partial charge on any atom is -0.489 e. The number of rotatable bonds is 7. The van der Waals surface area contributed by atoms with Crippen LogP contribution in [-0.4, -0.2) is 50.1 Å². The lowest BCUT2D eigenvalue weighted by Crippen LogP contribution is -2.46. The number of carbonyl (C=O) groups excluding carboxylic acids is 1. The van der Waals surface area contributed by atoms with E-state index in [-0.39, 0.29) is 18.3 Å². The first-order valence-electron chi connectivity index (χ1n) is 8.79. The van der Waals surface area contributed by atoms with E-state index in [4.69, 9.17) is 4.74 Å². The molecule has 1 amide bonds. The third kappa shape index (κ3) is 6.33. The number of hydrogen-bond donors (Lipinski definition) is 2. The van der Waals surface area contributed by atoms with Crippen molar-refractivity contribution in [2.45, 2.75) is 6.61 Å². The van der Waals surface area contributed by atoms with Crippen LogP contribution in [-0.2, 0) is 6.61 Å². The van der Waals surface area contributed by atoms with Gasteiger partial charge in [-0.3, -0.25) is 9.69 Å². The largest absolute Gasteiger partial charge is 0.489 e. The summed E-state index contributed by atoms with van der Waals surface area (Å²) < 4.78 is 5.79. The van der Waals surface area contributed by atoms with Crippen molar-refractivity contribution in [3.8, 4) is 5.75 Å². The van der Waals surface area contributed by atoms with E-state index in [9.17, 15) is 4.79 Å². The van der Waals surface area contributed by atoms with Gasteiger partial charge in [0.15, 0.2) is 0 Å². The lowest BCUT2D eigenvalue weighted by Gasteiger charge is -2.27. The van der Waals surface area contributed by atoms with Gasteiger partial charge in [-0.05, 0) is 23.8 Å². The van der Waals surface area contributed by atoms with Crippen LogP contribution in [0.4, 0.5) is 0 Å². The molecule has 0 saturated carbocycles. The number of nitrogens with one attached hydrogen (secondary N) is 2. The van der Waals surface area contributed by atoms with Crippen molar-refractivity contribution in [2.75, 3.05) is 39.3 Å². The van der Waals surface area contributed by atoms with Crippen molar-refractivity contribution in [3.63, 3.8) is 0 Å². The molecule has 0 bridgehead atoms. The van der Waals surface area contributed by atoms with Crippen molar-refractivity contribution in [1.82, 2.24) is 15.5 Å². The third-order valence-electron chi connectivity index (χ3n) is 4.27.